The quantitative estimate of drug-likeness (QED) is 0.846. The molecule has 0 aliphatic carbocycles. The van der Waals surface area contributed by atoms with Gasteiger partial charge in [-0.1, -0.05) is 0 Å². The Labute approximate surface area is 111 Å². The molecule has 0 saturated heterocycles. The van der Waals surface area contributed by atoms with Crippen molar-refractivity contribution in [3.63, 3.8) is 0 Å². The molecule has 0 atom stereocenters. The number of hydrogen-bond donors (Lipinski definition) is 0. The molecule has 96 valence electrons. The number of ether oxygens (including phenoxy) is 1. The average Bonchev–Trinajstić information content (AvgIpc) is 2.82. The predicted octanol–water partition coefficient (Wildman–Crippen LogP) is 3.39. The van der Waals surface area contributed by atoms with Crippen molar-refractivity contribution in [2.24, 2.45) is 0 Å². The van der Waals surface area contributed by atoms with Gasteiger partial charge in [-0.05, 0) is 43.5 Å². The van der Waals surface area contributed by atoms with Crippen molar-refractivity contribution in [3.05, 3.63) is 29.1 Å². The van der Waals surface area contributed by atoms with Gasteiger partial charge in [0.15, 0.2) is 0 Å². The zero-order valence-electron chi connectivity index (χ0n) is 10.9. The smallest absolute Gasteiger partial charge is 0.263 e. The molecule has 3 nitrogen and oxygen atoms in total. The molecule has 2 aromatic rings. The summed E-state index contributed by atoms with van der Waals surface area (Å²) in [6, 6.07) is 7.83. The van der Waals surface area contributed by atoms with Gasteiger partial charge < -0.3 is 9.64 Å². The van der Waals surface area contributed by atoms with Crippen LogP contribution in [0.1, 0.15) is 23.5 Å². The summed E-state index contributed by atoms with van der Waals surface area (Å²) < 4.78 is 6.31. The highest BCUT2D eigenvalue weighted by Gasteiger charge is 2.15. The highest BCUT2D eigenvalue weighted by atomic mass is 32.1. The van der Waals surface area contributed by atoms with Gasteiger partial charge in [0.1, 0.15) is 5.75 Å². The van der Waals surface area contributed by atoms with Crippen LogP contribution in [-0.2, 0) is 0 Å². The van der Waals surface area contributed by atoms with Crippen LogP contribution in [0.15, 0.2) is 24.3 Å². The van der Waals surface area contributed by atoms with E-state index in [0.29, 0.717) is 0 Å². The molecule has 0 spiro atoms. The Kier molecular flexibility index (Phi) is 3.87. The highest BCUT2D eigenvalue weighted by molar-refractivity contribution is 7.20. The number of carbonyl (C=O) groups is 1. The van der Waals surface area contributed by atoms with E-state index in [1.807, 2.05) is 43.0 Å². The van der Waals surface area contributed by atoms with Gasteiger partial charge in [0.25, 0.3) is 5.91 Å². The van der Waals surface area contributed by atoms with E-state index in [1.165, 1.54) is 11.3 Å². The monoisotopic (exact) mass is 263 g/mol. The van der Waals surface area contributed by atoms with Crippen molar-refractivity contribution < 1.29 is 9.53 Å². The van der Waals surface area contributed by atoms with Gasteiger partial charge in [-0.15, -0.1) is 11.3 Å². The number of thiophene rings is 1. The third kappa shape index (κ3) is 2.34. The summed E-state index contributed by atoms with van der Waals surface area (Å²) in [4.78, 5) is 14.9. The molecular formula is C14H17NO2S. The first kappa shape index (κ1) is 12.9. The lowest BCUT2D eigenvalue weighted by Crippen LogP contribution is -2.29. The largest absolute Gasteiger partial charge is 0.497 e. The first-order chi connectivity index (χ1) is 8.69. The number of benzene rings is 1. The fraction of sp³-hybridized carbons (Fsp3) is 0.357. The van der Waals surface area contributed by atoms with Crippen LogP contribution >= 0.6 is 11.3 Å². The second kappa shape index (κ2) is 5.40. The molecule has 0 bridgehead atoms. The second-order valence-corrected chi connectivity index (χ2v) is 5.08. The minimum atomic E-state index is 0.111. The standard InChI is InChI=1S/C14H17NO2S/c1-4-15(5-2)14(16)13-9-10-8-11(17-3)6-7-12(10)18-13/h6-9H,4-5H2,1-3H3. The average molecular weight is 263 g/mol. The molecular weight excluding hydrogens is 246 g/mol. The van der Waals surface area contributed by atoms with Crippen LogP contribution in [0, 0.1) is 0 Å². The summed E-state index contributed by atoms with van der Waals surface area (Å²) in [7, 11) is 1.65. The molecule has 1 aromatic heterocycles. The maximum atomic E-state index is 12.2. The molecule has 0 unspecified atom stereocenters. The SMILES string of the molecule is CCN(CC)C(=O)c1cc2cc(OC)ccc2s1. The van der Waals surface area contributed by atoms with E-state index in [-0.39, 0.29) is 5.91 Å². The second-order valence-electron chi connectivity index (χ2n) is 3.99. The first-order valence-electron chi connectivity index (χ1n) is 6.06. The molecule has 2 rings (SSSR count). The molecule has 0 aliphatic heterocycles. The topological polar surface area (TPSA) is 29.5 Å². The maximum Gasteiger partial charge on any atom is 0.263 e. The van der Waals surface area contributed by atoms with E-state index in [2.05, 4.69) is 0 Å². The third-order valence-electron chi connectivity index (χ3n) is 2.98. The number of methoxy groups -OCH3 is 1. The third-order valence-corrected chi connectivity index (χ3v) is 4.09. The van der Waals surface area contributed by atoms with Crippen molar-refractivity contribution in [1.29, 1.82) is 0 Å². The molecule has 1 amide bonds. The Bertz CT molecular complexity index is 558. The Morgan fingerprint density at radius 1 is 1.28 bits per heavy atom. The predicted molar refractivity (Wildman–Crippen MR) is 75.6 cm³/mol. The first-order valence-corrected chi connectivity index (χ1v) is 6.88. The van der Waals surface area contributed by atoms with Crippen LogP contribution in [0.2, 0.25) is 0 Å². The van der Waals surface area contributed by atoms with Crippen molar-refractivity contribution in [1.82, 2.24) is 4.90 Å². The number of hydrogen-bond acceptors (Lipinski definition) is 3. The molecule has 0 radical (unpaired) electrons. The normalized spacial score (nSPS) is 10.6. The van der Waals surface area contributed by atoms with E-state index in [0.717, 1.165) is 33.8 Å². The number of carbonyl (C=O) groups excluding carboxylic acids is 1. The number of amides is 1. The van der Waals surface area contributed by atoms with Gasteiger partial charge in [-0.3, -0.25) is 4.79 Å². The van der Waals surface area contributed by atoms with Crippen LogP contribution in [0.3, 0.4) is 0 Å². The number of rotatable bonds is 4. The lowest BCUT2D eigenvalue weighted by atomic mass is 10.2. The van der Waals surface area contributed by atoms with Crippen LogP contribution in [-0.4, -0.2) is 31.0 Å². The molecule has 1 aromatic carbocycles. The minimum absolute atomic E-state index is 0.111. The van der Waals surface area contributed by atoms with Gasteiger partial charge in [0, 0.05) is 17.8 Å². The lowest BCUT2D eigenvalue weighted by molar-refractivity contribution is 0.0778. The summed E-state index contributed by atoms with van der Waals surface area (Å²) >= 11 is 1.54. The van der Waals surface area contributed by atoms with Crippen LogP contribution in [0.25, 0.3) is 10.1 Å². The van der Waals surface area contributed by atoms with Crippen LogP contribution < -0.4 is 4.74 Å². The maximum absolute atomic E-state index is 12.2. The fourth-order valence-corrected chi connectivity index (χ4v) is 2.93. The molecule has 18 heavy (non-hydrogen) atoms. The van der Waals surface area contributed by atoms with E-state index in [4.69, 9.17) is 4.74 Å². The van der Waals surface area contributed by atoms with Crippen molar-refractivity contribution in [2.75, 3.05) is 20.2 Å². The minimum Gasteiger partial charge on any atom is -0.497 e. The van der Waals surface area contributed by atoms with Gasteiger partial charge in [-0.2, -0.15) is 0 Å². The summed E-state index contributed by atoms with van der Waals surface area (Å²) in [5, 5.41) is 1.06. The summed E-state index contributed by atoms with van der Waals surface area (Å²) in [5.74, 6) is 0.933. The van der Waals surface area contributed by atoms with Crippen LogP contribution in [0.4, 0.5) is 0 Å². The van der Waals surface area contributed by atoms with E-state index < -0.39 is 0 Å². The Hall–Kier alpha value is -1.55. The van der Waals surface area contributed by atoms with Gasteiger partial charge in [0.05, 0.1) is 12.0 Å². The van der Waals surface area contributed by atoms with Crippen molar-refractivity contribution in [2.45, 2.75) is 13.8 Å². The Balaban J connectivity index is 2.37. The molecule has 4 heteroatoms. The molecule has 0 aliphatic rings. The van der Waals surface area contributed by atoms with E-state index in [1.54, 1.807) is 7.11 Å². The van der Waals surface area contributed by atoms with E-state index >= 15 is 0 Å². The van der Waals surface area contributed by atoms with Crippen molar-refractivity contribution in [3.8, 4) is 5.75 Å². The zero-order chi connectivity index (χ0) is 13.1. The van der Waals surface area contributed by atoms with Crippen LogP contribution in [0.5, 0.6) is 5.75 Å². The van der Waals surface area contributed by atoms with Gasteiger partial charge >= 0.3 is 0 Å². The highest BCUT2D eigenvalue weighted by Crippen LogP contribution is 2.29. The summed E-state index contributed by atoms with van der Waals surface area (Å²) in [6.07, 6.45) is 0. The molecule has 0 N–H and O–H groups in total. The molecule has 0 fully saturated rings. The van der Waals surface area contributed by atoms with Gasteiger partial charge in [-0.25, -0.2) is 0 Å². The molecule has 0 saturated carbocycles. The van der Waals surface area contributed by atoms with Crippen molar-refractivity contribution >= 4 is 27.3 Å². The lowest BCUT2D eigenvalue weighted by Gasteiger charge is -2.17. The number of nitrogens with zero attached hydrogens (tertiary/aromatic N) is 1. The molecule has 1 heterocycles. The zero-order valence-corrected chi connectivity index (χ0v) is 11.7. The summed E-state index contributed by atoms with van der Waals surface area (Å²) in [6.45, 7) is 5.48. The van der Waals surface area contributed by atoms with E-state index in [9.17, 15) is 4.79 Å². The number of fused-ring (bicyclic) bond motifs is 1. The summed E-state index contributed by atoms with van der Waals surface area (Å²) in [5.41, 5.74) is 0. The Morgan fingerprint density at radius 2 is 2.00 bits per heavy atom. The fourth-order valence-electron chi connectivity index (χ4n) is 1.92. The van der Waals surface area contributed by atoms with Gasteiger partial charge in [0.2, 0.25) is 0 Å². The Morgan fingerprint density at radius 3 is 2.61 bits per heavy atom.